The number of alkyl halides is 1. The average Bonchev–Trinajstić information content (AvgIpc) is 2.03. The number of piperidine rings is 1. The van der Waals surface area contributed by atoms with Gasteiger partial charge in [-0.05, 0) is 12.0 Å². The van der Waals surface area contributed by atoms with Crippen LogP contribution in [-0.4, -0.2) is 41.4 Å². The molecule has 0 aliphatic carbocycles. The van der Waals surface area contributed by atoms with E-state index in [2.05, 4.69) is 10.0 Å². The van der Waals surface area contributed by atoms with Crippen molar-refractivity contribution in [3.8, 4) is 0 Å². The molecule has 1 heterocycles. The molecule has 1 aliphatic rings. The normalized spacial score (nSPS) is 27.9. The molecule has 0 aromatic carbocycles. The predicted molar refractivity (Wildman–Crippen MR) is 42.0 cm³/mol. The molecule has 2 atom stereocenters. The zero-order valence-corrected chi connectivity index (χ0v) is 6.80. The molecule has 72 valence electrons. The predicted octanol–water partition coefficient (Wildman–Crippen LogP) is 1.39. The van der Waals surface area contributed by atoms with Gasteiger partial charge < -0.3 is 10.0 Å². The number of amides is 1. The topological polar surface area (TPSA) is 89.3 Å². The molecule has 13 heavy (non-hydrogen) atoms. The fourth-order valence-electron chi connectivity index (χ4n) is 1.33. The second-order valence-corrected chi connectivity index (χ2v) is 2.88. The van der Waals surface area contributed by atoms with Crippen molar-refractivity contribution in [2.24, 2.45) is 5.11 Å². The quantitative estimate of drug-likeness (QED) is 0.382. The fourth-order valence-corrected chi connectivity index (χ4v) is 1.33. The number of carbonyl (C=O) groups is 1. The molecule has 1 aliphatic heterocycles. The highest BCUT2D eigenvalue weighted by Crippen LogP contribution is 2.16. The monoisotopic (exact) mass is 188 g/mol. The third-order valence-electron chi connectivity index (χ3n) is 1.86. The summed E-state index contributed by atoms with van der Waals surface area (Å²) >= 11 is 0. The average molecular weight is 188 g/mol. The summed E-state index contributed by atoms with van der Waals surface area (Å²) in [6.07, 6.45) is -2.31. The lowest BCUT2D eigenvalue weighted by atomic mass is 10.1. The molecule has 2 unspecified atom stereocenters. The Morgan fingerprint density at radius 3 is 2.92 bits per heavy atom. The lowest BCUT2D eigenvalue weighted by Crippen LogP contribution is -2.45. The van der Waals surface area contributed by atoms with E-state index >= 15 is 0 Å². The Morgan fingerprint density at radius 2 is 2.38 bits per heavy atom. The van der Waals surface area contributed by atoms with Gasteiger partial charge in [0.25, 0.3) is 0 Å². The largest absolute Gasteiger partial charge is 0.465 e. The summed E-state index contributed by atoms with van der Waals surface area (Å²) < 4.78 is 12.9. The molecule has 0 bridgehead atoms. The van der Waals surface area contributed by atoms with Crippen molar-refractivity contribution in [3.63, 3.8) is 0 Å². The number of rotatable bonds is 1. The van der Waals surface area contributed by atoms with Crippen LogP contribution in [0.15, 0.2) is 5.11 Å². The number of hydrogen-bond acceptors (Lipinski definition) is 2. The molecule has 6 nitrogen and oxygen atoms in total. The fraction of sp³-hybridized carbons (Fsp3) is 0.833. The summed E-state index contributed by atoms with van der Waals surface area (Å²) in [5.74, 6) is 0. The van der Waals surface area contributed by atoms with Crippen LogP contribution in [0, 0.1) is 0 Å². The van der Waals surface area contributed by atoms with E-state index in [1.54, 1.807) is 0 Å². The van der Waals surface area contributed by atoms with Crippen molar-refractivity contribution in [1.82, 2.24) is 4.90 Å². The summed E-state index contributed by atoms with van der Waals surface area (Å²) in [5.41, 5.74) is 8.10. The van der Waals surface area contributed by atoms with E-state index in [4.69, 9.17) is 10.6 Å². The Labute approximate surface area is 73.6 Å². The van der Waals surface area contributed by atoms with Crippen LogP contribution in [-0.2, 0) is 0 Å². The Morgan fingerprint density at radius 1 is 1.69 bits per heavy atom. The van der Waals surface area contributed by atoms with E-state index in [0.717, 1.165) is 4.90 Å². The molecule has 0 aromatic rings. The first-order valence-corrected chi connectivity index (χ1v) is 3.79. The van der Waals surface area contributed by atoms with Gasteiger partial charge in [-0.2, -0.15) is 0 Å². The van der Waals surface area contributed by atoms with Crippen LogP contribution in [0.25, 0.3) is 10.4 Å². The van der Waals surface area contributed by atoms with Crippen LogP contribution in [0.1, 0.15) is 6.42 Å². The van der Waals surface area contributed by atoms with Crippen LogP contribution in [0.4, 0.5) is 9.18 Å². The van der Waals surface area contributed by atoms with E-state index in [1.807, 2.05) is 0 Å². The van der Waals surface area contributed by atoms with Gasteiger partial charge in [-0.15, -0.1) is 0 Å². The third kappa shape index (κ3) is 2.48. The lowest BCUT2D eigenvalue weighted by Gasteiger charge is -2.30. The van der Waals surface area contributed by atoms with Gasteiger partial charge in [0.2, 0.25) is 0 Å². The van der Waals surface area contributed by atoms with Gasteiger partial charge in [0.05, 0.1) is 12.6 Å². The van der Waals surface area contributed by atoms with Crippen molar-refractivity contribution in [3.05, 3.63) is 10.4 Å². The van der Waals surface area contributed by atoms with Gasteiger partial charge in [0.15, 0.2) is 0 Å². The van der Waals surface area contributed by atoms with E-state index in [0.29, 0.717) is 0 Å². The summed E-state index contributed by atoms with van der Waals surface area (Å²) in [4.78, 5) is 13.9. The summed E-state index contributed by atoms with van der Waals surface area (Å²) in [6.45, 7) is -0.0490. The Bertz CT molecular complexity index is 243. The van der Waals surface area contributed by atoms with Gasteiger partial charge >= 0.3 is 6.09 Å². The number of halogens is 1. The second-order valence-electron chi connectivity index (χ2n) is 2.88. The van der Waals surface area contributed by atoms with E-state index in [-0.39, 0.29) is 19.5 Å². The Kier molecular flexibility index (Phi) is 2.92. The molecule has 0 radical (unpaired) electrons. The number of likely N-dealkylation sites (tertiary alicyclic amines) is 1. The highest BCUT2D eigenvalue weighted by atomic mass is 19.1. The lowest BCUT2D eigenvalue weighted by molar-refractivity contribution is 0.0992. The first-order chi connectivity index (χ1) is 6.13. The molecule has 1 saturated heterocycles. The second kappa shape index (κ2) is 3.95. The minimum atomic E-state index is -1.24. The van der Waals surface area contributed by atoms with Crippen LogP contribution in [0.5, 0.6) is 0 Å². The first kappa shape index (κ1) is 9.60. The molecular weight excluding hydrogens is 179 g/mol. The minimum absolute atomic E-state index is 0.0831. The zero-order chi connectivity index (χ0) is 9.84. The number of azide groups is 1. The highest BCUT2D eigenvalue weighted by molar-refractivity contribution is 5.65. The standard InChI is InChI=1S/C6H9FN4O2/c7-4-1-5(9-10-8)3-11(2-4)6(12)13/h4-5H,1-3H2,(H,12,13). The Balaban J connectivity index is 2.62. The van der Waals surface area contributed by atoms with E-state index in [9.17, 15) is 9.18 Å². The molecule has 0 spiro atoms. The van der Waals surface area contributed by atoms with Crippen LogP contribution >= 0.6 is 0 Å². The van der Waals surface area contributed by atoms with Crippen LogP contribution < -0.4 is 0 Å². The summed E-state index contributed by atoms with van der Waals surface area (Å²) in [7, 11) is 0. The van der Waals surface area contributed by atoms with Crippen molar-refractivity contribution >= 4 is 6.09 Å². The maximum Gasteiger partial charge on any atom is 0.407 e. The number of nitrogens with zero attached hydrogens (tertiary/aromatic N) is 4. The molecule has 0 saturated carbocycles. The summed E-state index contributed by atoms with van der Waals surface area (Å²) in [6, 6.07) is -0.579. The zero-order valence-electron chi connectivity index (χ0n) is 6.80. The highest BCUT2D eigenvalue weighted by Gasteiger charge is 2.28. The Hall–Kier alpha value is -1.49. The van der Waals surface area contributed by atoms with Gasteiger partial charge in [-0.25, -0.2) is 9.18 Å². The maximum atomic E-state index is 12.9. The molecule has 1 amide bonds. The van der Waals surface area contributed by atoms with Gasteiger partial charge in [-0.3, -0.25) is 0 Å². The molecule has 1 rings (SSSR count). The van der Waals surface area contributed by atoms with Crippen LogP contribution in [0.3, 0.4) is 0 Å². The smallest absolute Gasteiger partial charge is 0.407 e. The van der Waals surface area contributed by atoms with Crippen molar-refractivity contribution in [2.75, 3.05) is 13.1 Å². The van der Waals surface area contributed by atoms with Gasteiger partial charge in [0.1, 0.15) is 6.17 Å². The molecule has 0 aromatic heterocycles. The van der Waals surface area contributed by atoms with E-state index < -0.39 is 18.3 Å². The maximum absolute atomic E-state index is 12.9. The molecule has 1 fully saturated rings. The molecule has 1 N–H and O–H groups in total. The van der Waals surface area contributed by atoms with Gasteiger partial charge in [0, 0.05) is 11.5 Å². The SMILES string of the molecule is [N-]=[N+]=NC1CC(F)CN(C(=O)O)C1. The van der Waals surface area contributed by atoms with Crippen molar-refractivity contribution in [2.45, 2.75) is 18.6 Å². The molecular formula is C6H9FN4O2. The number of hydrogen-bond donors (Lipinski definition) is 1. The summed E-state index contributed by atoms with van der Waals surface area (Å²) in [5, 5.41) is 11.9. The van der Waals surface area contributed by atoms with Gasteiger partial charge in [-0.1, -0.05) is 5.11 Å². The van der Waals surface area contributed by atoms with Crippen LogP contribution in [0.2, 0.25) is 0 Å². The van der Waals surface area contributed by atoms with E-state index in [1.165, 1.54) is 0 Å². The third-order valence-corrected chi connectivity index (χ3v) is 1.86. The first-order valence-electron chi connectivity index (χ1n) is 3.79. The molecule has 7 heteroatoms. The number of carboxylic acid groups (broad SMARTS) is 1. The van der Waals surface area contributed by atoms with Crippen molar-refractivity contribution in [1.29, 1.82) is 0 Å². The minimum Gasteiger partial charge on any atom is -0.465 e. The van der Waals surface area contributed by atoms with Crippen molar-refractivity contribution < 1.29 is 14.3 Å².